The Bertz CT molecular complexity index is 749. The van der Waals surface area contributed by atoms with Gasteiger partial charge < -0.3 is 10.4 Å². The van der Waals surface area contributed by atoms with Crippen LogP contribution in [0, 0.1) is 0 Å². The lowest BCUT2D eigenvalue weighted by molar-refractivity contribution is -0.137. The van der Waals surface area contributed by atoms with Crippen LogP contribution in [-0.4, -0.2) is 35.1 Å². The Morgan fingerprint density at radius 1 is 1.31 bits per heavy atom. The van der Waals surface area contributed by atoms with Crippen LogP contribution < -0.4 is 5.32 Å². The third-order valence-electron chi connectivity index (χ3n) is 4.37. The molecule has 2 heterocycles. The molecule has 2 atom stereocenters. The Balaban J connectivity index is 1.67. The van der Waals surface area contributed by atoms with Crippen molar-refractivity contribution < 1.29 is 23.1 Å². The number of carbonyl (C=O) groups excluding carboxylic acids is 1. The molecule has 2 aromatic rings. The molecule has 1 aliphatic rings. The van der Waals surface area contributed by atoms with Crippen molar-refractivity contribution in [3.8, 4) is 0 Å². The number of hydrogen-bond donors (Lipinski definition) is 2. The van der Waals surface area contributed by atoms with Crippen LogP contribution in [-0.2, 0) is 17.5 Å². The zero-order chi connectivity index (χ0) is 18.7. The van der Waals surface area contributed by atoms with E-state index in [9.17, 15) is 23.1 Å². The monoisotopic (exact) mass is 384 g/mol. The fraction of sp³-hybridized carbons (Fsp3) is 0.389. The van der Waals surface area contributed by atoms with Gasteiger partial charge in [-0.05, 0) is 35.6 Å². The van der Waals surface area contributed by atoms with E-state index >= 15 is 0 Å². The molecule has 1 saturated heterocycles. The second-order valence-electron chi connectivity index (χ2n) is 6.31. The minimum absolute atomic E-state index is 0.0311. The minimum Gasteiger partial charge on any atom is -0.392 e. The highest BCUT2D eigenvalue weighted by Crippen LogP contribution is 2.35. The first-order valence-corrected chi connectivity index (χ1v) is 9.09. The summed E-state index contributed by atoms with van der Waals surface area (Å²) in [7, 11) is 0. The number of aliphatic hydroxyl groups excluding tert-OH is 1. The molecule has 140 valence electrons. The second-order valence-corrected chi connectivity index (χ2v) is 7.35. The number of benzene rings is 1. The fourth-order valence-electron chi connectivity index (χ4n) is 3.16. The molecular weight excluding hydrogens is 365 g/mol. The predicted molar refractivity (Wildman–Crippen MR) is 92.5 cm³/mol. The average Bonchev–Trinajstić information content (AvgIpc) is 3.22. The Labute approximate surface area is 153 Å². The summed E-state index contributed by atoms with van der Waals surface area (Å²) < 4.78 is 38.8. The van der Waals surface area contributed by atoms with E-state index in [1.54, 1.807) is 11.0 Å². The molecule has 1 aromatic carbocycles. The van der Waals surface area contributed by atoms with E-state index in [-0.39, 0.29) is 19.0 Å². The number of rotatable bonds is 5. The third-order valence-corrected chi connectivity index (χ3v) is 5.24. The van der Waals surface area contributed by atoms with Crippen molar-refractivity contribution in [3.05, 3.63) is 57.8 Å². The molecule has 26 heavy (non-hydrogen) atoms. The van der Waals surface area contributed by atoms with Gasteiger partial charge >= 0.3 is 6.18 Å². The predicted octanol–water partition coefficient (Wildman–Crippen LogP) is 3.19. The largest absolute Gasteiger partial charge is 0.416 e. The van der Waals surface area contributed by atoms with Crippen LogP contribution in [0.25, 0.3) is 0 Å². The molecular formula is C18H19F3N2O2S. The summed E-state index contributed by atoms with van der Waals surface area (Å²) in [5, 5.41) is 14.7. The van der Waals surface area contributed by atoms with Crippen molar-refractivity contribution in [2.75, 3.05) is 13.1 Å². The van der Waals surface area contributed by atoms with Crippen LogP contribution >= 0.6 is 11.3 Å². The first kappa shape index (κ1) is 18.9. The van der Waals surface area contributed by atoms with Gasteiger partial charge in [0.1, 0.15) is 0 Å². The van der Waals surface area contributed by atoms with E-state index in [0.29, 0.717) is 18.5 Å². The number of likely N-dealkylation sites (tertiary alicyclic amines) is 1. The molecule has 0 spiro atoms. The Morgan fingerprint density at radius 2 is 2.12 bits per heavy atom. The molecule has 8 heteroatoms. The van der Waals surface area contributed by atoms with Crippen LogP contribution in [0.5, 0.6) is 0 Å². The first-order valence-electron chi connectivity index (χ1n) is 8.21. The summed E-state index contributed by atoms with van der Waals surface area (Å²) in [5.74, 6) is -0.218. The molecule has 0 radical (unpaired) electrons. The van der Waals surface area contributed by atoms with Gasteiger partial charge in [0.05, 0.1) is 24.8 Å². The number of aliphatic hydroxyl groups is 1. The number of hydrogen-bond acceptors (Lipinski definition) is 4. The standard InChI is InChI=1S/C18H19F3N2O2S/c19-18(20,21)13-4-1-3-12(7-13)16-8-14(24)10-23(16)11-17(25)22-9-15-5-2-6-26-15/h1-7,14,16,24H,8-11H2,(H,22,25)/t14-,16+/m0/s1. The highest BCUT2D eigenvalue weighted by atomic mass is 32.1. The van der Waals surface area contributed by atoms with E-state index in [4.69, 9.17) is 0 Å². The van der Waals surface area contributed by atoms with Crippen molar-refractivity contribution >= 4 is 17.2 Å². The lowest BCUT2D eigenvalue weighted by Crippen LogP contribution is -2.37. The zero-order valence-corrected chi connectivity index (χ0v) is 14.7. The van der Waals surface area contributed by atoms with Gasteiger partial charge in [0.15, 0.2) is 0 Å². The average molecular weight is 384 g/mol. The Hall–Kier alpha value is -1.90. The number of amides is 1. The van der Waals surface area contributed by atoms with Crippen LogP contribution in [0.1, 0.15) is 28.5 Å². The number of nitrogens with one attached hydrogen (secondary N) is 1. The molecule has 3 rings (SSSR count). The van der Waals surface area contributed by atoms with Gasteiger partial charge in [-0.15, -0.1) is 11.3 Å². The number of carbonyl (C=O) groups is 1. The van der Waals surface area contributed by atoms with E-state index in [2.05, 4.69) is 5.32 Å². The molecule has 2 N–H and O–H groups in total. The first-order chi connectivity index (χ1) is 12.3. The smallest absolute Gasteiger partial charge is 0.392 e. The third kappa shape index (κ3) is 4.63. The maximum absolute atomic E-state index is 12.9. The fourth-order valence-corrected chi connectivity index (χ4v) is 3.81. The van der Waals surface area contributed by atoms with Crippen molar-refractivity contribution in [2.24, 2.45) is 0 Å². The quantitative estimate of drug-likeness (QED) is 0.833. The molecule has 4 nitrogen and oxygen atoms in total. The second kappa shape index (κ2) is 7.77. The van der Waals surface area contributed by atoms with Crippen molar-refractivity contribution in [1.29, 1.82) is 0 Å². The van der Waals surface area contributed by atoms with Gasteiger partial charge in [0.2, 0.25) is 5.91 Å². The molecule has 0 aliphatic carbocycles. The van der Waals surface area contributed by atoms with Crippen molar-refractivity contribution in [2.45, 2.75) is 31.3 Å². The van der Waals surface area contributed by atoms with Crippen molar-refractivity contribution in [1.82, 2.24) is 10.2 Å². The molecule has 1 aliphatic heterocycles. The minimum atomic E-state index is -4.42. The number of thiophene rings is 1. The van der Waals surface area contributed by atoms with Gasteiger partial charge in [-0.25, -0.2) is 0 Å². The molecule has 0 unspecified atom stereocenters. The molecule has 1 amide bonds. The summed E-state index contributed by atoms with van der Waals surface area (Å²) in [6, 6.07) is 8.47. The van der Waals surface area contributed by atoms with Gasteiger partial charge in [-0.1, -0.05) is 18.2 Å². The van der Waals surface area contributed by atoms with E-state index in [1.807, 2.05) is 17.5 Å². The zero-order valence-electron chi connectivity index (χ0n) is 13.9. The Kier molecular flexibility index (Phi) is 5.64. The van der Waals surface area contributed by atoms with E-state index in [0.717, 1.165) is 17.0 Å². The molecule has 1 aromatic heterocycles. The summed E-state index contributed by atoms with van der Waals surface area (Å²) in [4.78, 5) is 14.9. The van der Waals surface area contributed by atoms with Crippen LogP contribution in [0.4, 0.5) is 13.2 Å². The number of nitrogens with zero attached hydrogens (tertiary/aromatic N) is 1. The normalized spacial score (nSPS) is 21.1. The topological polar surface area (TPSA) is 52.6 Å². The molecule has 0 bridgehead atoms. The van der Waals surface area contributed by atoms with E-state index < -0.39 is 23.9 Å². The van der Waals surface area contributed by atoms with Crippen LogP contribution in [0.2, 0.25) is 0 Å². The summed E-state index contributed by atoms with van der Waals surface area (Å²) >= 11 is 1.53. The highest BCUT2D eigenvalue weighted by molar-refractivity contribution is 7.09. The van der Waals surface area contributed by atoms with E-state index in [1.165, 1.54) is 17.4 Å². The van der Waals surface area contributed by atoms with Crippen LogP contribution in [0.15, 0.2) is 41.8 Å². The molecule has 1 fully saturated rings. The van der Waals surface area contributed by atoms with Crippen molar-refractivity contribution in [3.63, 3.8) is 0 Å². The maximum Gasteiger partial charge on any atom is 0.416 e. The molecule has 0 saturated carbocycles. The Morgan fingerprint density at radius 3 is 2.81 bits per heavy atom. The van der Waals surface area contributed by atoms with Gasteiger partial charge in [0, 0.05) is 17.5 Å². The SMILES string of the molecule is O=C(CN1C[C@@H](O)C[C@@H]1c1cccc(C(F)(F)F)c1)NCc1cccs1. The van der Waals surface area contributed by atoms with Gasteiger partial charge in [-0.3, -0.25) is 9.69 Å². The lowest BCUT2D eigenvalue weighted by atomic mass is 10.0. The highest BCUT2D eigenvalue weighted by Gasteiger charge is 2.35. The summed E-state index contributed by atoms with van der Waals surface area (Å²) in [5.41, 5.74) is -0.263. The van der Waals surface area contributed by atoms with Gasteiger partial charge in [-0.2, -0.15) is 13.2 Å². The van der Waals surface area contributed by atoms with Crippen LogP contribution in [0.3, 0.4) is 0 Å². The number of β-amino-alcohol motifs (C(OH)–C–C–N with tert-alkyl or cyclic N) is 1. The lowest BCUT2D eigenvalue weighted by Gasteiger charge is -2.24. The maximum atomic E-state index is 12.9. The number of alkyl halides is 3. The summed E-state index contributed by atoms with van der Waals surface area (Å²) in [6.07, 6.45) is -4.78. The summed E-state index contributed by atoms with van der Waals surface area (Å²) in [6.45, 7) is 0.706. The van der Waals surface area contributed by atoms with Gasteiger partial charge in [0.25, 0.3) is 0 Å². The number of halogens is 3.